The van der Waals surface area contributed by atoms with Crippen LogP contribution >= 0.6 is 11.6 Å². The maximum atomic E-state index is 11.8. The second-order valence-electron chi connectivity index (χ2n) is 6.36. The number of hydrogen-bond acceptors (Lipinski definition) is 4. The summed E-state index contributed by atoms with van der Waals surface area (Å²) in [5.41, 5.74) is -0.748. The zero-order valence-corrected chi connectivity index (χ0v) is 11.6. The molecule has 4 atom stereocenters. The molecule has 0 heterocycles. The molecule has 6 nitrogen and oxygen atoms in total. The molecule has 7 heteroatoms. The van der Waals surface area contributed by atoms with Crippen LogP contribution in [0.4, 0.5) is 4.79 Å². The minimum atomic E-state index is -0.882. The molecule has 0 aromatic rings. The maximum absolute atomic E-state index is 11.8. The molecule has 4 aliphatic rings. The van der Waals surface area contributed by atoms with Crippen molar-refractivity contribution in [2.45, 2.75) is 48.9 Å². The van der Waals surface area contributed by atoms with E-state index >= 15 is 0 Å². The molecule has 4 fully saturated rings. The Kier molecular flexibility index (Phi) is 2.71. The first-order chi connectivity index (χ1) is 8.87. The van der Waals surface area contributed by atoms with Crippen molar-refractivity contribution in [3.63, 3.8) is 0 Å². The fourth-order valence-electron chi connectivity index (χ4n) is 4.87. The average Bonchev–Trinajstić information content (AvgIpc) is 2.24. The lowest BCUT2D eigenvalue weighted by Crippen LogP contribution is -2.66. The third-order valence-electron chi connectivity index (χ3n) is 4.92. The molecule has 1 amide bonds. The molecule has 19 heavy (non-hydrogen) atoms. The summed E-state index contributed by atoms with van der Waals surface area (Å²) < 4.78 is 4.60. The van der Waals surface area contributed by atoms with Gasteiger partial charge >= 0.3 is 6.09 Å². The second kappa shape index (κ2) is 3.98. The van der Waals surface area contributed by atoms with Crippen LogP contribution in [0.15, 0.2) is 0 Å². The highest BCUT2D eigenvalue weighted by molar-refractivity contribution is 6.24. The van der Waals surface area contributed by atoms with Crippen LogP contribution in [-0.4, -0.2) is 33.7 Å². The molecule has 106 valence electrons. The second-order valence-corrected chi connectivity index (χ2v) is 7.16. The van der Waals surface area contributed by atoms with Crippen molar-refractivity contribution in [3.8, 4) is 0 Å². The highest BCUT2D eigenvalue weighted by Crippen LogP contribution is 2.61. The van der Waals surface area contributed by atoms with Crippen LogP contribution in [0.3, 0.4) is 0 Å². The summed E-state index contributed by atoms with van der Waals surface area (Å²) in [6.07, 6.45) is 3.89. The average molecular weight is 289 g/mol. The first-order valence-corrected chi connectivity index (χ1v) is 6.97. The van der Waals surface area contributed by atoms with E-state index in [1.54, 1.807) is 0 Å². The number of alkyl halides is 1. The molecule has 4 rings (SSSR count). The van der Waals surface area contributed by atoms with E-state index < -0.39 is 16.7 Å². The number of nitrogens with zero attached hydrogens (tertiary/aromatic N) is 2. The Balaban J connectivity index is 1.98. The summed E-state index contributed by atoms with van der Waals surface area (Å²) in [5.74, 6) is 0.789. The standard InChI is InChI=1S/C12H17ClN2O4/c1-19-10(16)14(15(17)18)12-5-8-2-9(6-12)4-11(13,3-8)7-12/h8-9H,2-7H2,1H3/t8-,9+,11?,12?. The minimum absolute atomic E-state index is 0.369. The first kappa shape index (κ1) is 13.0. The van der Waals surface area contributed by atoms with Gasteiger partial charge in [0, 0.05) is 4.87 Å². The summed E-state index contributed by atoms with van der Waals surface area (Å²) in [5, 5.41) is 11.4. The van der Waals surface area contributed by atoms with E-state index in [0.717, 1.165) is 19.3 Å². The Labute approximate surface area is 116 Å². The van der Waals surface area contributed by atoms with Gasteiger partial charge in [-0.05, 0) is 55.4 Å². The number of methoxy groups -OCH3 is 1. The monoisotopic (exact) mass is 288 g/mol. The molecule has 0 radical (unpaired) electrons. The smallest absolute Gasteiger partial charge is 0.449 e. The van der Waals surface area contributed by atoms with Crippen LogP contribution in [0, 0.1) is 22.0 Å². The Morgan fingerprint density at radius 2 is 1.95 bits per heavy atom. The number of amides is 1. The fraction of sp³-hybridized carbons (Fsp3) is 0.917. The molecular weight excluding hydrogens is 272 g/mol. The number of rotatable bonds is 2. The quantitative estimate of drug-likeness (QED) is 0.445. The third kappa shape index (κ3) is 1.88. The van der Waals surface area contributed by atoms with Crippen molar-refractivity contribution in [2.24, 2.45) is 11.8 Å². The lowest BCUT2D eigenvalue weighted by Gasteiger charge is -2.59. The van der Waals surface area contributed by atoms with E-state index in [1.165, 1.54) is 7.11 Å². The van der Waals surface area contributed by atoms with Gasteiger partial charge in [-0.15, -0.1) is 11.6 Å². The van der Waals surface area contributed by atoms with Crippen LogP contribution in [0.2, 0.25) is 0 Å². The topological polar surface area (TPSA) is 72.7 Å². The van der Waals surface area contributed by atoms with Crippen molar-refractivity contribution < 1.29 is 14.6 Å². The molecule has 0 spiro atoms. The number of carbonyl (C=O) groups excluding carboxylic acids is 1. The Morgan fingerprint density at radius 3 is 2.37 bits per heavy atom. The molecule has 0 aromatic carbocycles. The van der Waals surface area contributed by atoms with Gasteiger partial charge in [-0.1, -0.05) is 0 Å². The summed E-state index contributed by atoms with van der Waals surface area (Å²) >= 11 is 6.62. The fourth-order valence-corrected chi connectivity index (χ4v) is 5.56. The molecule has 0 aliphatic heterocycles. The van der Waals surface area contributed by atoms with Crippen molar-refractivity contribution in [1.29, 1.82) is 0 Å². The predicted octanol–water partition coefficient (Wildman–Crippen LogP) is 2.58. The number of ether oxygens (including phenoxy) is 1. The highest BCUT2D eigenvalue weighted by Gasteiger charge is 2.64. The van der Waals surface area contributed by atoms with Crippen LogP contribution in [0.25, 0.3) is 0 Å². The minimum Gasteiger partial charge on any atom is -0.449 e. The number of nitro groups is 1. The molecule has 0 N–H and O–H groups in total. The normalized spacial score (nSPS) is 43.1. The predicted molar refractivity (Wildman–Crippen MR) is 67.2 cm³/mol. The van der Waals surface area contributed by atoms with Gasteiger partial charge in [0.25, 0.3) is 0 Å². The van der Waals surface area contributed by atoms with Crippen molar-refractivity contribution >= 4 is 17.7 Å². The van der Waals surface area contributed by atoms with Crippen molar-refractivity contribution in [2.75, 3.05) is 7.11 Å². The van der Waals surface area contributed by atoms with Crippen molar-refractivity contribution in [1.82, 2.24) is 5.01 Å². The molecule has 2 unspecified atom stereocenters. The molecular formula is C12H17ClN2O4. The molecule has 0 saturated heterocycles. The van der Waals surface area contributed by atoms with Gasteiger partial charge in [0.1, 0.15) is 5.54 Å². The summed E-state index contributed by atoms with van der Waals surface area (Å²) in [6.45, 7) is 0. The van der Waals surface area contributed by atoms with Crippen molar-refractivity contribution in [3.05, 3.63) is 10.1 Å². The Bertz CT molecular complexity index is 427. The summed E-state index contributed by atoms with van der Waals surface area (Å²) in [6, 6.07) is 0. The third-order valence-corrected chi connectivity index (χ3v) is 5.36. The van der Waals surface area contributed by atoms with Crippen LogP contribution < -0.4 is 0 Å². The number of halogens is 1. The Hall–Kier alpha value is -1.04. The van der Waals surface area contributed by atoms with Gasteiger partial charge in [-0.2, -0.15) is 0 Å². The number of carbonyl (C=O) groups is 1. The van der Waals surface area contributed by atoms with E-state index in [-0.39, 0.29) is 4.87 Å². The SMILES string of the molecule is COC(=O)N([N+](=O)[O-])C12C[C@@H]3C[C@@H](CC(Cl)(C3)C1)C2. The maximum Gasteiger partial charge on any atom is 0.468 e. The van der Waals surface area contributed by atoms with Crippen LogP contribution in [0.1, 0.15) is 38.5 Å². The molecule has 0 aromatic heterocycles. The lowest BCUT2D eigenvalue weighted by atomic mass is 9.52. The summed E-state index contributed by atoms with van der Waals surface area (Å²) in [7, 11) is 1.18. The van der Waals surface area contributed by atoms with E-state index in [9.17, 15) is 14.9 Å². The number of hydrogen-bond donors (Lipinski definition) is 0. The van der Waals surface area contributed by atoms with E-state index in [4.69, 9.17) is 11.6 Å². The zero-order chi connectivity index (χ0) is 13.8. The molecule has 4 aliphatic carbocycles. The van der Waals surface area contributed by atoms with Gasteiger partial charge in [-0.3, -0.25) is 0 Å². The van der Waals surface area contributed by atoms with Gasteiger partial charge in [-0.25, -0.2) is 14.9 Å². The highest BCUT2D eigenvalue weighted by atomic mass is 35.5. The largest absolute Gasteiger partial charge is 0.468 e. The van der Waals surface area contributed by atoms with Crippen LogP contribution in [0.5, 0.6) is 0 Å². The van der Waals surface area contributed by atoms with Gasteiger partial charge < -0.3 is 4.74 Å². The number of hydrazine groups is 1. The first-order valence-electron chi connectivity index (χ1n) is 6.59. The lowest BCUT2D eigenvalue weighted by molar-refractivity contribution is -0.658. The van der Waals surface area contributed by atoms with Gasteiger partial charge in [0.15, 0.2) is 5.03 Å². The van der Waals surface area contributed by atoms with E-state index in [1.807, 2.05) is 0 Å². The van der Waals surface area contributed by atoms with Gasteiger partial charge in [0.2, 0.25) is 0 Å². The Morgan fingerprint density at radius 1 is 1.37 bits per heavy atom. The molecule has 4 bridgehead atoms. The molecule has 4 saturated carbocycles. The zero-order valence-electron chi connectivity index (χ0n) is 10.8. The van der Waals surface area contributed by atoms with E-state index in [0.29, 0.717) is 36.1 Å². The van der Waals surface area contributed by atoms with Crippen LogP contribution in [-0.2, 0) is 4.74 Å². The summed E-state index contributed by atoms with van der Waals surface area (Å²) in [4.78, 5) is 22.7. The van der Waals surface area contributed by atoms with E-state index in [2.05, 4.69) is 4.74 Å². The van der Waals surface area contributed by atoms with Gasteiger partial charge in [0.05, 0.1) is 7.11 Å².